The number of para-hydroxylation sites is 1. The first-order chi connectivity index (χ1) is 16.8. The van der Waals surface area contributed by atoms with Gasteiger partial charge < -0.3 is 15.2 Å². The topological polar surface area (TPSA) is 58.6 Å². The molecule has 0 saturated carbocycles. The molecule has 0 radical (unpaired) electrons. The fourth-order valence-corrected chi connectivity index (χ4v) is 4.14. The number of benzene rings is 3. The van der Waals surface area contributed by atoms with E-state index in [1.54, 1.807) is 6.07 Å². The van der Waals surface area contributed by atoms with Crippen molar-refractivity contribution < 1.29 is 23.4 Å². The molecule has 0 aliphatic carbocycles. The lowest BCUT2D eigenvalue weighted by atomic mass is 9.87. The molecule has 3 aromatic rings. The van der Waals surface area contributed by atoms with Crippen LogP contribution in [-0.4, -0.2) is 24.2 Å². The first kappa shape index (κ1) is 26.4. The molecule has 4 nitrogen and oxygen atoms in total. The summed E-state index contributed by atoms with van der Waals surface area (Å²) in [7, 11) is 0. The van der Waals surface area contributed by atoms with Crippen LogP contribution >= 0.6 is 0 Å². The number of carboxylic acid groups (broad SMARTS) is 1. The smallest absolute Gasteiger partial charge is 0.304 e. The molecule has 0 aliphatic rings. The number of carboxylic acids is 1. The van der Waals surface area contributed by atoms with Crippen molar-refractivity contribution in [2.24, 2.45) is 0 Å². The zero-order chi connectivity index (χ0) is 25.2. The maximum Gasteiger partial charge on any atom is 0.304 e. The van der Waals surface area contributed by atoms with E-state index in [1.165, 1.54) is 17.2 Å². The standard InChI is InChI=1S/C29H33F2NO3/c1-20-9-10-22(16-21(20)2)17-23(26-12-11-25(30)18-27(26)31)7-5-15-35-28-8-4-3-6-24(28)19-32-14-13-29(33)34/h3-4,6,8-12,16,18,23,32H,5,7,13-15,17,19H2,1-2H3,(H,33,34). The molecule has 0 fully saturated rings. The van der Waals surface area contributed by atoms with Crippen LogP contribution in [0.3, 0.4) is 0 Å². The van der Waals surface area contributed by atoms with E-state index < -0.39 is 17.6 Å². The highest BCUT2D eigenvalue weighted by Gasteiger charge is 2.18. The lowest BCUT2D eigenvalue weighted by Crippen LogP contribution is -2.18. The second-order valence-corrected chi connectivity index (χ2v) is 8.90. The summed E-state index contributed by atoms with van der Waals surface area (Å²) in [6, 6.07) is 17.7. The van der Waals surface area contributed by atoms with Gasteiger partial charge in [-0.1, -0.05) is 42.5 Å². The number of aryl methyl sites for hydroxylation is 2. The van der Waals surface area contributed by atoms with Crippen molar-refractivity contribution in [2.45, 2.75) is 52.0 Å². The molecule has 1 atom stereocenters. The Morgan fingerprint density at radius 1 is 1.03 bits per heavy atom. The fraction of sp³-hybridized carbons (Fsp3) is 0.345. The predicted octanol–water partition coefficient (Wildman–Crippen LogP) is 6.33. The third kappa shape index (κ3) is 8.18. The second-order valence-electron chi connectivity index (χ2n) is 8.90. The highest BCUT2D eigenvalue weighted by molar-refractivity contribution is 5.66. The SMILES string of the molecule is Cc1ccc(CC(CCCOc2ccccc2CNCCC(=O)O)c2ccc(F)cc2F)cc1C. The summed E-state index contributed by atoms with van der Waals surface area (Å²) in [4.78, 5) is 10.7. The molecule has 0 heterocycles. The van der Waals surface area contributed by atoms with Gasteiger partial charge in [-0.3, -0.25) is 4.79 Å². The summed E-state index contributed by atoms with van der Waals surface area (Å²) >= 11 is 0. The zero-order valence-corrected chi connectivity index (χ0v) is 20.3. The van der Waals surface area contributed by atoms with Crippen LogP contribution in [0.15, 0.2) is 60.7 Å². The van der Waals surface area contributed by atoms with Gasteiger partial charge in [0.1, 0.15) is 17.4 Å². The molecular weight excluding hydrogens is 448 g/mol. The van der Waals surface area contributed by atoms with Crippen molar-refractivity contribution in [1.29, 1.82) is 0 Å². The summed E-state index contributed by atoms with van der Waals surface area (Å²) in [5.41, 5.74) is 5.00. The number of ether oxygens (including phenoxy) is 1. The maximum absolute atomic E-state index is 14.7. The third-order valence-electron chi connectivity index (χ3n) is 6.21. The Morgan fingerprint density at radius 2 is 1.83 bits per heavy atom. The minimum absolute atomic E-state index is 0.0604. The van der Waals surface area contributed by atoms with E-state index in [9.17, 15) is 13.6 Å². The van der Waals surface area contributed by atoms with Gasteiger partial charge in [0.2, 0.25) is 0 Å². The lowest BCUT2D eigenvalue weighted by Gasteiger charge is -2.20. The Labute approximate surface area is 206 Å². The van der Waals surface area contributed by atoms with Gasteiger partial charge in [0.25, 0.3) is 0 Å². The number of carbonyl (C=O) groups is 1. The van der Waals surface area contributed by atoms with Crippen molar-refractivity contribution in [3.05, 3.63) is 100 Å². The predicted molar refractivity (Wildman–Crippen MR) is 134 cm³/mol. The molecule has 0 aliphatic heterocycles. The van der Waals surface area contributed by atoms with E-state index in [0.29, 0.717) is 44.5 Å². The third-order valence-corrected chi connectivity index (χ3v) is 6.21. The summed E-state index contributed by atoms with van der Waals surface area (Å²) in [6.45, 7) is 5.48. The molecule has 1 unspecified atom stereocenters. The Balaban J connectivity index is 1.63. The summed E-state index contributed by atoms with van der Waals surface area (Å²) in [6.07, 6.45) is 2.11. The van der Waals surface area contributed by atoms with Gasteiger partial charge in [0, 0.05) is 24.7 Å². The van der Waals surface area contributed by atoms with Gasteiger partial charge in [0.15, 0.2) is 0 Å². The first-order valence-electron chi connectivity index (χ1n) is 12.0. The Morgan fingerprint density at radius 3 is 2.57 bits per heavy atom. The number of hydrogen-bond acceptors (Lipinski definition) is 3. The monoisotopic (exact) mass is 481 g/mol. The van der Waals surface area contributed by atoms with Crippen LogP contribution in [0.5, 0.6) is 5.75 Å². The fourth-order valence-electron chi connectivity index (χ4n) is 4.14. The van der Waals surface area contributed by atoms with Crippen LogP contribution in [0.2, 0.25) is 0 Å². The molecule has 3 aromatic carbocycles. The van der Waals surface area contributed by atoms with Crippen LogP contribution in [0.1, 0.15) is 53.0 Å². The summed E-state index contributed by atoms with van der Waals surface area (Å²) in [5, 5.41) is 11.9. The summed E-state index contributed by atoms with van der Waals surface area (Å²) in [5.74, 6) is -1.29. The largest absolute Gasteiger partial charge is 0.493 e. The normalized spacial score (nSPS) is 11.9. The van der Waals surface area contributed by atoms with Crippen LogP contribution < -0.4 is 10.1 Å². The van der Waals surface area contributed by atoms with Gasteiger partial charge in [-0.15, -0.1) is 0 Å². The molecule has 0 bridgehead atoms. The molecule has 0 saturated heterocycles. The molecule has 2 N–H and O–H groups in total. The molecule has 186 valence electrons. The minimum Gasteiger partial charge on any atom is -0.493 e. The van der Waals surface area contributed by atoms with Crippen LogP contribution in [0.4, 0.5) is 8.78 Å². The van der Waals surface area contributed by atoms with Crippen molar-refractivity contribution in [3.63, 3.8) is 0 Å². The molecular formula is C29H33F2NO3. The average molecular weight is 482 g/mol. The van der Waals surface area contributed by atoms with Crippen molar-refractivity contribution in [3.8, 4) is 5.75 Å². The van der Waals surface area contributed by atoms with E-state index in [0.717, 1.165) is 22.9 Å². The van der Waals surface area contributed by atoms with Gasteiger partial charge in [-0.05, 0) is 73.4 Å². The second kappa shape index (κ2) is 13.0. The highest BCUT2D eigenvalue weighted by Crippen LogP contribution is 2.29. The molecule has 0 spiro atoms. The number of rotatable bonds is 13. The van der Waals surface area contributed by atoms with Crippen LogP contribution in [-0.2, 0) is 17.8 Å². The first-order valence-corrected chi connectivity index (χ1v) is 12.0. The van der Waals surface area contributed by atoms with Gasteiger partial charge in [-0.2, -0.15) is 0 Å². The Hall–Kier alpha value is -3.25. The maximum atomic E-state index is 14.7. The van der Waals surface area contributed by atoms with E-state index in [1.807, 2.05) is 24.3 Å². The van der Waals surface area contributed by atoms with Gasteiger partial charge in [-0.25, -0.2) is 8.78 Å². The zero-order valence-electron chi connectivity index (χ0n) is 20.3. The summed E-state index contributed by atoms with van der Waals surface area (Å²) < 4.78 is 34.2. The number of hydrogen-bond donors (Lipinski definition) is 2. The van der Waals surface area contributed by atoms with Crippen LogP contribution in [0, 0.1) is 25.5 Å². The van der Waals surface area contributed by atoms with Crippen molar-refractivity contribution in [1.82, 2.24) is 5.32 Å². The van der Waals surface area contributed by atoms with Gasteiger partial charge >= 0.3 is 5.97 Å². The van der Waals surface area contributed by atoms with Gasteiger partial charge in [0.05, 0.1) is 13.0 Å². The average Bonchev–Trinajstić information content (AvgIpc) is 2.82. The Bertz CT molecular complexity index is 1130. The van der Waals surface area contributed by atoms with E-state index >= 15 is 0 Å². The van der Waals surface area contributed by atoms with Crippen LogP contribution in [0.25, 0.3) is 0 Å². The molecule has 3 rings (SSSR count). The van der Waals surface area contributed by atoms with Crippen molar-refractivity contribution in [2.75, 3.05) is 13.2 Å². The van der Waals surface area contributed by atoms with E-state index in [4.69, 9.17) is 9.84 Å². The van der Waals surface area contributed by atoms with Crippen molar-refractivity contribution >= 4 is 5.97 Å². The lowest BCUT2D eigenvalue weighted by molar-refractivity contribution is -0.136. The van der Waals surface area contributed by atoms with E-state index in [-0.39, 0.29) is 12.3 Å². The Kier molecular flexibility index (Phi) is 9.79. The minimum atomic E-state index is -0.838. The molecule has 6 heteroatoms. The number of nitrogens with one attached hydrogen (secondary N) is 1. The number of aliphatic carboxylic acids is 1. The molecule has 0 amide bonds. The highest BCUT2D eigenvalue weighted by atomic mass is 19.1. The number of halogens is 2. The molecule has 0 aromatic heterocycles. The quantitative estimate of drug-likeness (QED) is 0.280. The molecule has 35 heavy (non-hydrogen) atoms. The van der Waals surface area contributed by atoms with E-state index in [2.05, 4.69) is 37.4 Å².